The van der Waals surface area contributed by atoms with Crippen LogP contribution in [0.25, 0.3) is 0 Å². The van der Waals surface area contributed by atoms with E-state index in [-0.39, 0.29) is 11.8 Å². The predicted molar refractivity (Wildman–Crippen MR) is 79.2 cm³/mol. The van der Waals surface area contributed by atoms with Gasteiger partial charge in [0, 0.05) is 19.5 Å². The minimum Gasteiger partial charge on any atom is -0.444 e. The number of hydrogen-bond acceptors (Lipinski definition) is 4. The van der Waals surface area contributed by atoms with Crippen molar-refractivity contribution < 1.29 is 14.3 Å². The molecule has 0 aliphatic rings. The fourth-order valence-corrected chi connectivity index (χ4v) is 1.57. The highest BCUT2D eigenvalue weighted by atomic mass is 16.6. The summed E-state index contributed by atoms with van der Waals surface area (Å²) in [5.41, 5.74) is 4.58. The standard InChI is InChI=1S/C14H29N3O3/c1-10(2)11(8-16-7-6-12(15)18)9-17-13(19)20-14(3,4)5/h10-11,16H,6-9H2,1-5H3,(H2,15,18)(H,17,19). The zero-order valence-electron chi connectivity index (χ0n) is 13.3. The topological polar surface area (TPSA) is 93.5 Å². The molecule has 0 saturated carbocycles. The summed E-state index contributed by atoms with van der Waals surface area (Å²) in [6.07, 6.45) is -0.0788. The first-order chi connectivity index (χ1) is 9.11. The zero-order chi connectivity index (χ0) is 15.8. The van der Waals surface area contributed by atoms with Crippen molar-refractivity contribution in [2.75, 3.05) is 19.6 Å². The lowest BCUT2D eigenvalue weighted by molar-refractivity contribution is -0.117. The van der Waals surface area contributed by atoms with Crippen LogP contribution < -0.4 is 16.4 Å². The third-order valence-electron chi connectivity index (χ3n) is 2.80. The summed E-state index contributed by atoms with van der Waals surface area (Å²) in [5.74, 6) is 0.367. The minimum absolute atomic E-state index is 0.274. The molecule has 0 spiro atoms. The number of nitrogens with one attached hydrogen (secondary N) is 2. The molecular weight excluding hydrogens is 258 g/mol. The SMILES string of the molecule is CC(C)C(CNCCC(N)=O)CNC(=O)OC(C)(C)C. The van der Waals surface area contributed by atoms with Crippen molar-refractivity contribution in [2.45, 2.75) is 46.6 Å². The molecule has 20 heavy (non-hydrogen) atoms. The Morgan fingerprint density at radius 1 is 1.20 bits per heavy atom. The molecule has 0 saturated heterocycles. The first-order valence-corrected chi connectivity index (χ1v) is 7.07. The molecule has 0 aromatic carbocycles. The van der Waals surface area contributed by atoms with Crippen LogP contribution in [0, 0.1) is 11.8 Å². The second-order valence-electron chi connectivity index (χ2n) is 6.31. The summed E-state index contributed by atoms with van der Waals surface area (Å²) >= 11 is 0. The Balaban J connectivity index is 4.02. The van der Waals surface area contributed by atoms with Gasteiger partial charge >= 0.3 is 6.09 Å². The smallest absolute Gasteiger partial charge is 0.407 e. The van der Waals surface area contributed by atoms with Crippen molar-refractivity contribution >= 4 is 12.0 Å². The van der Waals surface area contributed by atoms with E-state index in [9.17, 15) is 9.59 Å². The number of alkyl carbamates (subject to hydrolysis) is 1. The van der Waals surface area contributed by atoms with Gasteiger partial charge < -0.3 is 21.1 Å². The van der Waals surface area contributed by atoms with E-state index < -0.39 is 11.7 Å². The normalized spacial score (nSPS) is 13.1. The van der Waals surface area contributed by atoms with Crippen LogP contribution in [-0.2, 0) is 9.53 Å². The third kappa shape index (κ3) is 10.6. The molecule has 0 heterocycles. The first-order valence-electron chi connectivity index (χ1n) is 7.07. The van der Waals surface area contributed by atoms with E-state index in [1.165, 1.54) is 0 Å². The molecule has 6 heteroatoms. The zero-order valence-corrected chi connectivity index (χ0v) is 13.3. The van der Waals surface area contributed by atoms with Crippen molar-refractivity contribution in [3.05, 3.63) is 0 Å². The number of carbonyl (C=O) groups excluding carboxylic acids is 2. The molecule has 0 aromatic rings. The number of rotatable bonds is 8. The largest absolute Gasteiger partial charge is 0.444 e. The number of hydrogen-bond donors (Lipinski definition) is 3. The van der Waals surface area contributed by atoms with E-state index in [1.54, 1.807) is 0 Å². The van der Waals surface area contributed by atoms with E-state index in [0.717, 1.165) is 6.54 Å². The summed E-state index contributed by atoms with van der Waals surface area (Å²) in [6, 6.07) is 0. The highest BCUT2D eigenvalue weighted by Crippen LogP contribution is 2.10. The number of nitrogens with two attached hydrogens (primary N) is 1. The number of amides is 2. The lowest BCUT2D eigenvalue weighted by atomic mass is 9.96. The average molecular weight is 287 g/mol. The van der Waals surface area contributed by atoms with Crippen LogP contribution in [0.15, 0.2) is 0 Å². The van der Waals surface area contributed by atoms with Crippen LogP contribution in [0.5, 0.6) is 0 Å². The van der Waals surface area contributed by atoms with Gasteiger partial charge in [0.25, 0.3) is 0 Å². The molecule has 6 nitrogen and oxygen atoms in total. The molecule has 0 rings (SSSR count). The molecular formula is C14H29N3O3. The van der Waals surface area contributed by atoms with Gasteiger partial charge in [-0.15, -0.1) is 0 Å². The highest BCUT2D eigenvalue weighted by molar-refractivity contribution is 5.73. The van der Waals surface area contributed by atoms with Crippen LogP contribution in [0.2, 0.25) is 0 Å². The molecule has 0 fully saturated rings. The molecule has 118 valence electrons. The lowest BCUT2D eigenvalue weighted by Gasteiger charge is -2.24. The van der Waals surface area contributed by atoms with Gasteiger partial charge in [-0.3, -0.25) is 4.79 Å². The summed E-state index contributed by atoms with van der Waals surface area (Å²) < 4.78 is 5.19. The quantitative estimate of drug-likeness (QED) is 0.586. The Morgan fingerprint density at radius 2 is 1.80 bits per heavy atom. The Kier molecular flexibility index (Phi) is 8.22. The summed E-state index contributed by atoms with van der Waals surface area (Å²) in [5, 5.41) is 5.95. The average Bonchev–Trinajstić information content (AvgIpc) is 2.24. The molecule has 0 bridgehead atoms. The highest BCUT2D eigenvalue weighted by Gasteiger charge is 2.18. The fourth-order valence-electron chi connectivity index (χ4n) is 1.57. The van der Waals surface area contributed by atoms with Crippen LogP contribution in [0.4, 0.5) is 4.79 Å². The molecule has 2 amide bonds. The van der Waals surface area contributed by atoms with Gasteiger partial charge in [0.15, 0.2) is 0 Å². The number of ether oxygens (including phenoxy) is 1. The van der Waals surface area contributed by atoms with Gasteiger partial charge in [0.1, 0.15) is 5.60 Å². The van der Waals surface area contributed by atoms with Gasteiger partial charge in [-0.1, -0.05) is 13.8 Å². The third-order valence-corrected chi connectivity index (χ3v) is 2.80. The van der Waals surface area contributed by atoms with Gasteiger partial charge in [-0.25, -0.2) is 4.79 Å². The van der Waals surface area contributed by atoms with Crippen molar-refractivity contribution in [3.63, 3.8) is 0 Å². The molecule has 1 unspecified atom stereocenters. The van der Waals surface area contributed by atoms with Gasteiger partial charge in [-0.05, 0) is 39.2 Å². The number of primary amides is 1. The molecule has 1 atom stereocenters. The maximum Gasteiger partial charge on any atom is 0.407 e. The Morgan fingerprint density at radius 3 is 2.25 bits per heavy atom. The maximum absolute atomic E-state index is 11.6. The Labute approximate surface area is 121 Å². The van der Waals surface area contributed by atoms with E-state index >= 15 is 0 Å². The molecule has 0 aliphatic carbocycles. The van der Waals surface area contributed by atoms with Gasteiger partial charge in [0.05, 0.1) is 0 Å². The monoisotopic (exact) mass is 287 g/mol. The summed E-state index contributed by atoms with van der Waals surface area (Å²) in [6.45, 7) is 11.5. The second-order valence-corrected chi connectivity index (χ2v) is 6.31. The lowest BCUT2D eigenvalue weighted by Crippen LogP contribution is -2.40. The van der Waals surface area contributed by atoms with Crippen molar-refractivity contribution in [1.82, 2.24) is 10.6 Å². The van der Waals surface area contributed by atoms with Crippen molar-refractivity contribution in [3.8, 4) is 0 Å². The van der Waals surface area contributed by atoms with Crippen LogP contribution >= 0.6 is 0 Å². The second kappa shape index (κ2) is 8.79. The molecule has 0 aliphatic heterocycles. The van der Waals surface area contributed by atoms with Crippen molar-refractivity contribution in [2.24, 2.45) is 17.6 Å². The van der Waals surface area contributed by atoms with Crippen LogP contribution in [-0.4, -0.2) is 37.2 Å². The van der Waals surface area contributed by atoms with Gasteiger partial charge in [-0.2, -0.15) is 0 Å². The fraction of sp³-hybridized carbons (Fsp3) is 0.857. The maximum atomic E-state index is 11.6. The minimum atomic E-state index is -0.489. The first kappa shape index (κ1) is 18.7. The summed E-state index contributed by atoms with van der Waals surface area (Å²) in [7, 11) is 0. The molecule has 4 N–H and O–H groups in total. The summed E-state index contributed by atoms with van der Waals surface area (Å²) in [4.78, 5) is 22.2. The Bertz CT molecular complexity index is 311. The van der Waals surface area contributed by atoms with E-state index in [0.29, 0.717) is 25.4 Å². The number of carbonyl (C=O) groups is 2. The van der Waals surface area contributed by atoms with Gasteiger partial charge in [0.2, 0.25) is 5.91 Å². The molecule has 0 aromatic heterocycles. The van der Waals surface area contributed by atoms with E-state index in [1.807, 2.05) is 20.8 Å². The molecule has 0 radical (unpaired) electrons. The Hall–Kier alpha value is -1.30. The van der Waals surface area contributed by atoms with Crippen LogP contribution in [0.3, 0.4) is 0 Å². The van der Waals surface area contributed by atoms with Crippen molar-refractivity contribution in [1.29, 1.82) is 0 Å². The predicted octanol–water partition coefficient (Wildman–Crippen LogP) is 1.25. The van der Waals surface area contributed by atoms with E-state index in [2.05, 4.69) is 24.5 Å². The van der Waals surface area contributed by atoms with E-state index in [4.69, 9.17) is 10.5 Å². The van der Waals surface area contributed by atoms with Crippen LogP contribution in [0.1, 0.15) is 41.0 Å².